The average molecular weight is 314 g/mol. The molecule has 1 heterocycles. The molecule has 0 radical (unpaired) electrons. The van der Waals surface area contributed by atoms with Gasteiger partial charge in [-0.15, -0.1) is 0 Å². The minimum Gasteiger partial charge on any atom is -0.484 e. The van der Waals surface area contributed by atoms with Crippen LogP contribution in [0.15, 0.2) is 28.7 Å². The molecule has 1 N–H and O–H groups in total. The number of nitrogens with zero attached hydrogens (tertiary/aromatic N) is 1. The van der Waals surface area contributed by atoms with Gasteiger partial charge in [0.2, 0.25) is 0 Å². The van der Waals surface area contributed by atoms with Gasteiger partial charge in [0, 0.05) is 17.6 Å². The topological polar surface area (TPSA) is 49.8 Å². The van der Waals surface area contributed by atoms with E-state index in [9.17, 15) is 9.90 Å². The Labute approximate surface area is 115 Å². The zero-order valence-electron chi connectivity index (χ0n) is 10.0. The molecule has 1 aromatic carbocycles. The molecule has 0 bridgehead atoms. The Kier molecular flexibility index (Phi) is 4.60. The van der Waals surface area contributed by atoms with Crippen LogP contribution in [0.1, 0.15) is 12.8 Å². The van der Waals surface area contributed by atoms with Gasteiger partial charge in [-0.2, -0.15) is 0 Å². The van der Waals surface area contributed by atoms with Gasteiger partial charge in [0.1, 0.15) is 5.75 Å². The molecule has 18 heavy (non-hydrogen) atoms. The predicted molar refractivity (Wildman–Crippen MR) is 71.5 cm³/mol. The van der Waals surface area contributed by atoms with Crippen LogP contribution in [0.5, 0.6) is 5.75 Å². The summed E-state index contributed by atoms with van der Waals surface area (Å²) < 4.78 is 6.35. The van der Waals surface area contributed by atoms with Gasteiger partial charge in [-0.1, -0.05) is 22.0 Å². The number of β-amino-alcohol motifs (C(OH)–C–C–N with tert-alkyl or cyclic N) is 1. The summed E-state index contributed by atoms with van der Waals surface area (Å²) in [5, 5.41) is 9.51. The van der Waals surface area contributed by atoms with E-state index in [2.05, 4.69) is 15.9 Å². The van der Waals surface area contributed by atoms with E-state index in [-0.39, 0.29) is 12.5 Å². The molecule has 1 aromatic rings. The molecule has 1 fully saturated rings. The Morgan fingerprint density at radius 2 is 2.39 bits per heavy atom. The molecule has 0 saturated carbocycles. The molecule has 1 aliphatic heterocycles. The molecule has 1 saturated heterocycles. The first kappa shape index (κ1) is 13.4. The van der Waals surface area contributed by atoms with E-state index in [1.807, 2.05) is 24.3 Å². The minimum absolute atomic E-state index is 0.0170. The number of aliphatic hydroxyl groups is 1. The Balaban J connectivity index is 1.84. The lowest BCUT2D eigenvalue weighted by Crippen LogP contribution is -2.44. The maximum Gasteiger partial charge on any atom is 0.260 e. The van der Waals surface area contributed by atoms with Gasteiger partial charge in [0.25, 0.3) is 5.91 Å². The largest absolute Gasteiger partial charge is 0.484 e. The minimum atomic E-state index is -0.395. The van der Waals surface area contributed by atoms with Crippen molar-refractivity contribution < 1.29 is 14.6 Å². The second kappa shape index (κ2) is 6.20. The summed E-state index contributed by atoms with van der Waals surface area (Å²) in [6, 6.07) is 7.38. The third kappa shape index (κ3) is 3.71. The van der Waals surface area contributed by atoms with Gasteiger partial charge in [-0.05, 0) is 31.0 Å². The molecule has 1 atom stereocenters. The van der Waals surface area contributed by atoms with Gasteiger partial charge in [-0.25, -0.2) is 0 Å². The number of aliphatic hydroxyl groups excluding tert-OH is 1. The van der Waals surface area contributed by atoms with E-state index in [1.54, 1.807) is 4.90 Å². The number of amides is 1. The number of rotatable bonds is 3. The van der Waals surface area contributed by atoms with Crippen molar-refractivity contribution in [1.82, 2.24) is 4.90 Å². The lowest BCUT2D eigenvalue weighted by molar-refractivity contribution is -0.136. The zero-order valence-corrected chi connectivity index (χ0v) is 11.6. The lowest BCUT2D eigenvalue weighted by atomic mass is 10.1. The number of carbonyl (C=O) groups is 1. The van der Waals surface area contributed by atoms with Crippen molar-refractivity contribution in [2.75, 3.05) is 19.7 Å². The Hall–Kier alpha value is -1.07. The fourth-order valence-corrected chi connectivity index (χ4v) is 2.35. The molecule has 2 rings (SSSR count). The van der Waals surface area contributed by atoms with Gasteiger partial charge in [-0.3, -0.25) is 4.79 Å². The standard InChI is InChI=1S/C13H16BrNO3/c14-10-3-1-5-12(7-10)18-9-13(17)15-6-2-4-11(16)8-15/h1,3,5,7,11,16H,2,4,6,8-9H2/t11-/m0/s1. The molecule has 5 heteroatoms. The number of hydrogen-bond acceptors (Lipinski definition) is 3. The quantitative estimate of drug-likeness (QED) is 0.926. The molecule has 98 valence electrons. The van der Waals surface area contributed by atoms with Crippen LogP contribution in [0.4, 0.5) is 0 Å². The normalized spacial score (nSPS) is 19.7. The second-order valence-electron chi connectivity index (χ2n) is 4.38. The fourth-order valence-electron chi connectivity index (χ4n) is 1.97. The molecular formula is C13H16BrNO3. The number of ether oxygens (including phenoxy) is 1. The maximum absolute atomic E-state index is 11.9. The number of halogens is 1. The zero-order chi connectivity index (χ0) is 13.0. The summed E-state index contributed by atoms with van der Waals surface area (Å²) in [5.74, 6) is 0.587. The maximum atomic E-state index is 11.9. The Bertz CT molecular complexity index is 424. The van der Waals surface area contributed by atoms with E-state index < -0.39 is 6.10 Å². The highest BCUT2D eigenvalue weighted by Gasteiger charge is 2.22. The first-order valence-corrected chi connectivity index (χ1v) is 6.78. The van der Waals surface area contributed by atoms with Crippen molar-refractivity contribution in [3.63, 3.8) is 0 Å². The summed E-state index contributed by atoms with van der Waals surface area (Å²) in [4.78, 5) is 13.5. The number of hydrogen-bond donors (Lipinski definition) is 1. The van der Waals surface area contributed by atoms with E-state index in [0.29, 0.717) is 18.8 Å². The highest BCUT2D eigenvalue weighted by Crippen LogP contribution is 2.18. The molecule has 0 aromatic heterocycles. The Morgan fingerprint density at radius 3 is 3.11 bits per heavy atom. The van der Waals surface area contributed by atoms with Crippen LogP contribution >= 0.6 is 15.9 Å². The van der Waals surface area contributed by atoms with Crippen LogP contribution in [0.3, 0.4) is 0 Å². The average Bonchev–Trinajstić information content (AvgIpc) is 2.36. The highest BCUT2D eigenvalue weighted by atomic mass is 79.9. The van der Waals surface area contributed by atoms with E-state index in [0.717, 1.165) is 17.3 Å². The molecular weight excluding hydrogens is 298 g/mol. The van der Waals surface area contributed by atoms with E-state index in [4.69, 9.17) is 4.74 Å². The van der Waals surface area contributed by atoms with Crippen LogP contribution in [0.25, 0.3) is 0 Å². The number of piperidine rings is 1. The molecule has 0 spiro atoms. The number of likely N-dealkylation sites (tertiary alicyclic amines) is 1. The molecule has 1 amide bonds. The number of carbonyl (C=O) groups excluding carboxylic acids is 1. The monoisotopic (exact) mass is 313 g/mol. The van der Waals surface area contributed by atoms with Crippen molar-refractivity contribution in [3.05, 3.63) is 28.7 Å². The van der Waals surface area contributed by atoms with Crippen LogP contribution in [0.2, 0.25) is 0 Å². The highest BCUT2D eigenvalue weighted by molar-refractivity contribution is 9.10. The van der Waals surface area contributed by atoms with Crippen molar-refractivity contribution >= 4 is 21.8 Å². The SMILES string of the molecule is O=C(COc1cccc(Br)c1)N1CCC[C@H](O)C1. The van der Waals surface area contributed by atoms with Gasteiger partial charge in [0.05, 0.1) is 6.10 Å². The molecule has 0 unspecified atom stereocenters. The van der Waals surface area contributed by atoms with Crippen LogP contribution in [-0.2, 0) is 4.79 Å². The Morgan fingerprint density at radius 1 is 1.56 bits per heavy atom. The third-order valence-electron chi connectivity index (χ3n) is 2.91. The first-order chi connectivity index (χ1) is 8.65. The third-order valence-corrected chi connectivity index (χ3v) is 3.40. The van der Waals surface area contributed by atoms with Gasteiger partial charge in [0.15, 0.2) is 6.61 Å². The fraction of sp³-hybridized carbons (Fsp3) is 0.462. The van der Waals surface area contributed by atoms with Crippen molar-refractivity contribution in [1.29, 1.82) is 0 Å². The summed E-state index contributed by atoms with van der Waals surface area (Å²) in [5.41, 5.74) is 0. The molecule has 0 aliphatic carbocycles. The van der Waals surface area contributed by atoms with Crippen LogP contribution < -0.4 is 4.74 Å². The van der Waals surface area contributed by atoms with Crippen molar-refractivity contribution in [2.24, 2.45) is 0 Å². The summed E-state index contributed by atoms with van der Waals surface area (Å²) in [6.45, 7) is 1.14. The summed E-state index contributed by atoms with van der Waals surface area (Å²) in [6.07, 6.45) is 1.23. The van der Waals surface area contributed by atoms with E-state index in [1.165, 1.54) is 0 Å². The van der Waals surface area contributed by atoms with Crippen LogP contribution in [0, 0.1) is 0 Å². The molecule has 4 nitrogen and oxygen atoms in total. The van der Waals surface area contributed by atoms with Crippen molar-refractivity contribution in [2.45, 2.75) is 18.9 Å². The van der Waals surface area contributed by atoms with Gasteiger partial charge >= 0.3 is 0 Å². The number of benzene rings is 1. The first-order valence-electron chi connectivity index (χ1n) is 5.99. The lowest BCUT2D eigenvalue weighted by Gasteiger charge is -2.30. The summed E-state index contributed by atoms with van der Waals surface area (Å²) in [7, 11) is 0. The van der Waals surface area contributed by atoms with Crippen molar-refractivity contribution in [3.8, 4) is 5.75 Å². The van der Waals surface area contributed by atoms with Crippen LogP contribution in [-0.4, -0.2) is 41.7 Å². The predicted octanol–water partition coefficient (Wildman–Crippen LogP) is 1.81. The second-order valence-corrected chi connectivity index (χ2v) is 5.30. The summed E-state index contributed by atoms with van der Waals surface area (Å²) >= 11 is 3.35. The smallest absolute Gasteiger partial charge is 0.260 e. The van der Waals surface area contributed by atoms with E-state index >= 15 is 0 Å². The van der Waals surface area contributed by atoms with Gasteiger partial charge < -0.3 is 14.7 Å². The molecule has 1 aliphatic rings.